The normalized spacial score (nSPS) is 10.6. The number of nitrogens with zero attached hydrogens (tertiary/aromatic N) is 1. The Bertz CT molecular complexity index is 925. The maximum absolute atomic E-state index is 13.9. The van der Waals surface area contributed by atoms with Crippen molar-refractivity contribution >= 4 is 34.5 Å². The van der Waals surface area contributed by atoms with Crippen molar-refractivity contribution in [2.45, 2.75) is 12.8 Å². The average Bonchev–Trinajstić information content (AvgIpc) is 3.09. The second-order valence-electron chi connectivity index (χ2n) is 5.43. The number of carbonyl (C=O) groups excluding carboxylic acids is 2. The highest BCUT2D eigenvalue weighted by molar-refractivity contribution is 7.09. The molecule has 0 radical (unpaired) electrons. The maximum atomic E-state index is 13.9. The minimum absolute atomic E-state index is 0.0432. The first-order valence-corrected chi connectivity index (χ1v) is 8.78. The number of hydrogen-bond donors (Lipinski definition) is 0. The molecule has 2 aromatic carbocycles. The molecule has 0 aliphatic heterocycles. The first kappa shape index (κ1) is 17.5. The van der Waals surface area contributed by atoms with Gasteiger partial charge in [-0.1, -0.05) is 29.8 Å². The third-order valence-corrected chi connectivity index (χ3v) is 4.67. The number of aromatic nitrogens is 1. The fraction of sp³-hybridized carbons (Fsp3) is 0.105. The molecule has 3 nitrogen and oxygen atoms in total. The van der Waals surface area contributed by atoms with Crippen LogP contribution in [0.5, 0.6) is 0 Å². The van der Waals surface area contributed by atoms with Gasteiger partial charge >= 0.3 is 0 Å². The van der Waals surface area contributed by atoms with E-state index in [1.807, 2.05) is 0 Å². The summed E-state index contributed by atoms with van der Waals surface area (Å²) in [5.41, 5.74) is 0.725. The summed E-state index contributed by atoms with van der Waals surface area (Å²) in [7, 11) is 0. The zero-order chi connectivity index (χ0) is 17.8. The smallest absolute Gasteiger partial charge is 0.196 e. The van der Waals surface area contributed by atoms with Gasteiger partial charge in [-0.2, -0.15) is 0 Å². The van der Waals surface area contributed by atoms with Gasteiger partial charge < -0.3 is 0 Å². The lowest BCUT2D eigenvalue weighted by Crippen LogP contribution is -2.12. The van der Waals surface area contributed by atoms with E-state index < -0.39 is 11.6 Å². The summed E-state index contributed by atoms with van der Waals surface area (Å²) < 4.78 is 13.9. The summed E-state index contributed by atoms with van der Waals surface area (Å²) in [4.78, 5) is 29.1. The number of ketones is 2. The first-order chi connectivity index (χ1) is 12.0. The van der Waals surface area contributed by atoms with Gasteiger partial charge in [0, 0.05) is 28.6 Å². The molecule has 0 aliphatic carbocycles. The Kier molecular flexibility index (Phi) is 5.36. The third kappa shape index (κ3) is 4.18. The Labute approximate surface area is 153 Å². The standard InChI is InChI=1S/C19H13ClFNO2S/c20-13-6-5-12(9-14(23)11-18-22-7-8-25-18)16(10-13)19(24)15-3-1-2-4-17(15)21/h1-8,10H,9,11H2. The molecule has 0 N–H and O–H groups in total. The SMILES string of the molecule is O=C(Cc1nccs1)Cc1ccc(Cl)cc1C(=O)c1ccccc1F. The van der Waals surface area contributed by atoms with E-state index >= 15 is 0 Å². The zero-order valence-corrected chi connectivity index (χ0v) is 14.6. The molecular weight excluding hydrogens is 361 g/mol. The number of halogens is 2. The van der Waals surface area contributed by atoms with Crippen LogP contribution in [0.15, 0.2) is 54.0 Å². The van der Waals surface area contributed by atoms with Crippen LogP contribution in [-0.2, 0) is 17.6 Å². The van der Waals surface area contributed by atoms with Gasteiger partial charge in [0.15, 0.2) is 5.78 Å². The van der Waals surface area contributed by atoms with Crippen LogP contribution in [0.1, 0.15) is 26.5 Å². The molecule has 1 aromatic heterocycles. The van der Waals surface area contributed by atoms with E-state index in [1.165, 1.54) is 35.6 Å². The molecule has 0 bridgehead atoms. The van der Waals surface area contributed by atoms with Gasteiger partial charge in [-0.15, -0.1) is 11.3 Å². The number of thiazole rings is 1. The molecule has 0 amide bonds. The summed E-state index contributed by atoms with van der Waals surface area (Å²) in [5, 5.41) is 2.88. The summed E-state index contributed by atoms with van der Waals surface area (Å²) in [6.45, 7) is 0. The summed E-state index contributed by atoms with van der Waals surface area (Å²) in [5.74, 6) is -1.16. The van der Waals surface area contributed by atoms with Gasteiger partial charge in [0.2, 0.25) is 0 Å². The highest BCUT2D eigenvalue weighted by atomic mass is 35.5. The van der Waals surface area contributed by atoms with Crippen LogP contribution in [0.2, 0.25) is 5.02 Å². The van der Waals surface area contributed by atoms with E-state index in [2.05, 4.69) is 4.98 Å². The summed E-state index contributed by atoms with van der Waals surface area (Å²) >= 11 is 7.40. The third-order valence-electron chi connectivity index (χ3n) is 3.65. The molecule has 0 saturated heterocycles. The number of benzene rings is 2. The molecule has 0 atom stereocenters. The predicted octanol–water partition coefficient (Wildman–Crippen LogP) is 4.52. The summed E-state index contributed by atoms with van der Waals surface area (Å²) in [6, 6.07) is 10.5. The van der Waals surface area contributed by atoms with E-state index in [-0.39, 0.29) is 29.8 Å². The molecule has 0 aliphatic rings. The van der Waals surface area contributed by atoms with Crippen molar-refractivity contribution in [2.75, 3.05) is 0 Å². The van der Waals surface area contributed by atoms with Crippen molar-refractivity contribution < 1.29 is 14.0 Å². The van der Waals surface area contributed by atoms with Crippen molar-refractivity contribution in [3.63, 3.8) is 0 Å². The quantitative estimate of drug-likeness (QED) is 0.597. The van der Waals surface area contributed by atoms with Crippen LogP contribution < -0.4 is 0 Å². The fourth-order valence-corrected chi connectivity index (χ4v) is 3.31. The van der Waals surface area contributed by atoms with Crippen LogP contribution in [0.25, 0.3) is 0 Å². The molecule has 25 heavy (non-hydrogen) atoms. The molecule has 0 fully saturated rings. The van der Waals surface area contributed by atoms with Gasteiger partial charge in [0.25, 0.3) is 0 Å². The highest BCUT2D eigenvalue weighted by Gasteiger charge is 2.19. The van der Waals surface area contributed by atoms with E-state index in [4.69, 9.17) is 11.6 Å². The van der Waals surface area contributed by atoms with Gasteiger partial charge in [-0.3, -0.25) is 9.59 Å². The van der Waals surface area contributed by atoms with E-state index in [0.29, 0.717) is 10.6 Å². The topological polar surface area (TPSA) is 47.0 Å². The second-order valence-corrected chi connectivity index (χ2v) is 6.84. The number of Topliss-reactive ketones (excluding diaryl/α,β-unsaturated/α-hetero) is 1. The minimum Gasteiger partial charge on any atom is -0.299 e. The van der Waals surface area contributed by atoms with Crippen molar-refractivity contribution in [1.29, 1.82) is 0 Å². The Morgan fingerprint density at radius 3 is 2.60 bits per heavy atom. The van der Waals surface area contributed by atoms with Crippen LogP contribution >= 0.6 is 22.9 Å². The molecule has 0 spiro atoms. The van der Waals surface area contributed by atoms with Crippen molar-refractivity contribution in [3.8, 4) is 0 Å². The van der Waals surface area contributed by atoms with E-state index in [1.54, 1.807) is 29.8 Å². The molecule has 3 rings (SSSR count). The summed E-state index contributed by atoms with van der Waals surface area (Å²) in [6.07, 6.45) is 1.91. The van der Waals surface area contributed by atoms with Crippen LogP contribution in [0, 0.1) is 5.82 Å². The molecule has 6 heteroatoms. The molecule has 0 saturated carbocycles. The van der Waals surface area contributed by atoms with Crippen LogP contribution in [0.3, 0.4) is 0 Å². The van der Waals surface area contributed by atoms with Crippen molar-refractivity contribution in [3.05, 3.63) is 86.6 Å². The monoisotopic (exact) mass is 373 g/mol. The lowest BCUT2D eigenvalue weighted by atomic mass is 9.94. The van der Waals surface area contributed by atoms with Crippen LogP contribution in [-0.4, -0.2) is 16.6 Å². The minimum atomic E-state index is -0.604. The van der Waals surface area contributed by atoms with E-state index in [0.717, 1.165) is 5.01 Å². The highest BCUT2D eigenvalue weighted by Crippen LogP contribution is 2.22. The van der Waals surface area contributed by atoms with Crippen LogP contribution in [0.4, 0.5) is 4.39 Å². The Balaban J connectivity index is 1.89. The largest absolute Gasteiger partial charge is 0.299 e. The lowest BCUT2D eigenvalue weighted by Gasteiger charge is -2.09. The van der Waals surface area contributed by atoms with Gasteiger partial charge in [0.05, 0.1) is 17.0 Å². The number of carbonyl (C=O) groups is 2. The molecule has 126 valence electrons. The molecular formula is C19H13ClFNO2S. The number of hydrogen-bond acceptors (Lipinski definition) is 4. The van der Waals surface area contributed by atoms with Crippen molar-refractivity contribution in [2.24, 2.45) is 0 Å². The van der Waals surface area contributed by atoms with Crippen molar-refractivity contribution in [1.82, 2.24) is 4.98 Å². The first-order valence-electron chi connectivity index (χ1n) is 7.52. The van der Waals surface area contributed by atoms with E-state index in [9.17, 15) is 14.0 Å². The van der Waals surface area contributed by atoms with Gasteiger partial charge in [0.1, 0.15) is 11.6 Å². The zero-order valence-electron chi connectivity index (χ0n) is 13.0. The van der Waals surface area contributed by atoms with Gasteiger partial charge in [-0.25, -0.2) is 9.37 Å². The molecule has 1 heterocycles. The average molecular weight is 374 g/mol. The number of rotatable bonds is 6. The molecule has 3 aromatic rings. The lowest BCUT2D eigenvalue weighted by molar-refractivity contribution is -0.117. The molecule has 0 unspecified atom stereocenters. The maximum Gasteiger partial charge on any atom is 0.196 e. The van der Waals surface area contributed by atoms with Gasteiger partial charge in [-0.05, 0) is 29.8 Å². The second kappa shape index (κ2) is 7.68. The Morgan fingerprint density at radius 1 is 1.08 bits per heavy atom. The Morgan fingerprint density at radius 2 is 1.88 bits per heavy atom. The fourth-order valence-electron chi connectivity index (χ4n) is 2.49. The Hall–Kier alpha value is -2.37. The predicted molar refractivity (Wildman–Crippen MR) is 95.8 cm³/mol.